The summed E-state index contributed by atoms with van der Waals surface area (Å²) in [7, 11) is 0. The molecular weight excluding hydrogens is 202 g/mol. The lowest BCUT2D eigenvalue weighted by molar-refractivity contribution is -0.442. The van der Waals surface area contributed by atoms with Crippen LogP contribution in [0.25, 0.3) is 0 Å². The van der Waals surface area contributed by atoms with Crippen LogP contribution in [0, 0.1) is 12.3 Å². The van der Waals surface area contributed by atoms with Gasteiger partial charge in [-0.15, -0.1) is 0 Å². The summed E-state index contributed by atoms with van der Waals surface area (Å²) in [5.74, 6) is 0.599. The highest BCUT2D eigenvalue weighted by Gasteiger charge is 2.37. The third-order valence-corrected chi connectivity index (χ3v) is 2.85. The second-order valence-corrected chi connectivity index (χ2v) is 3.72. The normalized spacial score (nSPS) is 13.9. The van der Waals surface area contributed by atoms with Crippen LogP contribution in [0.5, 0.6) is 0 Å². The van der Waals surface area contributed by atoms with E-state index >= 15 is 0 Å². The number of aromatic nitrogens is 1. The van der Waals surface area contributed by atoms with Gasteiger partial charge in [0, 0.05) is 16.5 Å². The maximum atomic E-state index is 11.5. The minimum atomic E-state index is -0.131. The van der Waals surface area contributed by atoms with Crippen LogP contribution in [-0.2, 0) is 0 Å². The van der Waals surface area contributed by atoms with Crippen molar-refractivity contribution in [1.82, 2.24) is 4.74 Å². The van der Waals surface area contributed by atoms with Crippen LogP contribution in [-0.4, -0.2) is 26.6 Å². The van der Waals surface area contributed by atoms with Gasteiger partial charge in [-0.1, -0.05) is 0 Å². The average molecular weight is 212 g/mol. The number of rotatable bonds is 2. The topological polar surface area (TPSA) is 62.0 Å². The predicted molar refractivity (Wildman–Crippen MR) is 54.9 cm³/mol. The molecule has 1 aliphatic heterocycles. The molecule has 0 spiro atoms. The number of nitrogens with one attached hydrogen (secondary N) is 1. The Balaban J connectivity index is 2.61. The molecule has 1 aromatic heterocycles. The van der Waals surface area contributed by atoms with Crippen molar-refractivity contribution in [1.29, 1.82) is 5.41 Å². The molecule has 0 saturated heterocycles. The van der Waals surface area contributed by atoms with Gasteiger partial charge in [0.2, 0.25) is 0 Å². The summed E-state index contributed by atoms with van der Waals surface area (Å²) in [5.41, 5.74) is 1.68. The van der Waals surface area contributed by atoms with Gasteiger partial charge >= 0.3 is 16.6 Å². The molecule has 14 heavy (non-hydrogen) atoms. The largest absolute Gasteiger partial charge is 0.385 e. The van der Waals surface area contributed by atoms with Crippen molar-refractivity contribution < 1.29 is 9.10 Å². The summed E-state index contributed by atoms with van der Waals surface area (Å²) in [5, 5.41) is 7.67. The number of thioether (sulfide) groups is 1. The summed E-state index contributed by atoms with van der Waals surface area (Å²) in [6.07, 6.45) is 0. The van der Waals surface area contributed by atoms with Gasteiger partial charge < -0.3 is 5.41 Å². The molecule has 1 aliphatic rings. The van der Waals surface area contributed by atoms with Crippen molar-refractivity contribution in [2.24, 2.45) is 0 Å². The molecule has 0 unspecified atom stereocenters. The highest BCUT2D eigenvalue weighted by molar-refractivity contribution is 8.24. The maximum Gasteiger partial charge on any atom is 0.385 e. The van der Waals surface area contributed by atoms with Gasteiger partial charge in [-0.05, 0) is 13.8 Å². The Kier molecular flexibility index (Phi) is 2.07. The van der Waals surface area contributed by atoms with Gasteiger partial charge in [-0.2, -0.15) is 4.58 Å². The molecule has 1 N–H and O–H groups in total. The third kappa shape index (κ3) is 1.00. The van der Waals surface area contributed by atoms with E-state index in [1.165, 1.54) is 22.0 Å². The van der Waals surface area contributed by atoms with E-state index in [4.69, 9.17) is 9.93 Å². The molecular formula is C8H10N3O2S+. The molecule has 0 aliphatic carbocycles. The van der Waals surface area contributed by atoms with E-state index in [1.807, 2.05) is 11.5 Å². The summed E-state index contributed by atoms with van der Waals surface area (Å²) in [6, 6.07) is 0. The van der Waals surface area contributed by atoms with Crippen LogP contribution in [0.1, 0.15) is 12.5 Å². The van der Waals surface area contributed by atoms with Crippen LogP contribution in [0.4, 0.5) is 5.88 Å². The molecule has 1 aromatic rings. The summed E-state index contributed by atoms with van der Waals surface area (Å²) in [4.78, 5) is 11.5. The second-order valence-electron chi connectivity index (χ2n) is 2.88. The van der Waals surface area contributed by atoms with E-state index < -0.39 is 0 Å². The van der Waals surface area contributed by atoms with E-state index in [0.717, 1.165) is 6.54 Å². The number of fused-ring (bicyclic) bond motifs is 2. The Morgan fingerprint density at radius 2 is 2.43 bits per heavy atom. The first-order chi connectivity index (χ1) is 6.70. The number of nitrogens with zero attached hydrogens (tertiary/aromatic N) is 2. The first-order valence-corrected chi connectivity index (χ1v) is 5.12. The Morgan fingerprint density at radius 1 is 1.71 bits per heavy atom. The molecule has 2 heterocycles. The first-order valence-electron chi connectivity index (χ1n) is 4.24. The Labute approximate surface area is 84.5 Å². The Morgan fingerprint density at radius 3 is 3.00 bits per heavy atom. The molecule has 2 rings (SSSR count). The SMILES string of the molecule is CC[N+]1=C(SC=N)n2oc1c(C)c2=O. The fourth-order valence-corrected chi connectivity index (χ4v) is 2.12. The van der Waals surface area contributed by atoms with Gasteiger partial charge in [0.15, 0.2) is 0 Å². The van der Waals surface area contributed by atoms with Crippen LogP contribution < -0.4 is 5.56 Å². The lowest BCUT2D eigenvalue weighted by Gasteiger charge is -1.98. The van der Waals surface area contributed by atoms with Crippen molar-refractivity contribution >= 4 is 28.4 Å². The zero-order valence-corrected chi connectivity index (χ0v) is 8.72. The van der Waals surface area contributed by atoms with Gasteiger partial charge in [0.05, 0.1) is 12.1 Å². The molecule has 0 fully saturated rings. The summed E-state index contributed by atoms with van der Waals surface area (Å²) >= 11 is 1.17. The molecule has 0 aromatic carbocycles. The van der Waals surface area contributed by atoms with E-state index in [1.54, 1.807) is 6.92 Å². The van der Waals surface area contributed by atoms with Gasteiger partial charge in [0.1, 0.15) is 5.56 Å². The van der Waals surface area contributed by atoms with Crippen molar-refractivity contribution in [2.45, 2.75) is 13.8 Å². The van der Waals surface area contributed by atoms with Crippen molar-refractivity contribution in [3.63, 3.8) is 0 Å². The third-order valence-electron chi connectivity index (χ3n) is 2.13. The quantitative estimate of drug-likeness (QED) is 0.451. The first kappa shape index (κ1) is 9.26. The van der Waals surface area contributed by atoms with Crippen LogP contribution >= 0.6 is 11.8 Å². The smallest absolute Gasteiger partial charge is 0.301 e. The summed E-state index contributed by atoms with van der Waals surface area (Å²) < 4.78 is 8.41. The molecule has 0 amide bonds. The van der Waals surface area contributed by atoms with Crippen LogP contribution in [0.15, 0.2) is 9.32 Å². The average Bonchev–Trinajstić information content (AvgIpc) is 2.66. The number of hydrogen-bond donors (Lipinski definition) is 1. The zero-order chi connectivity index (χ0) is 10.3. The maximum absolute atomic E-state index is 11.5. The van der Waals surface area contributed by atoms with Crippen molar-refractivity contribution in [3.8, 4) is 0 Å². The molecule has 6 heteroatoms. The monoisotopic (exact) mass is 212 g/mol. The fourth-order valence-electron chi connectivity index (χ4n) is 1.46. The summed E-state index contributed by atoms with van der Waals surface area (Å²) in [6.45, 7) is 4.44. The minimum Gasteiger partial charge on any atom is -0.301 e. The molecule has 0 radical (unpaired) electrons. The Bertz CT molecular complexity index is 483. The van der Waals surface area contributed by atoms with Gasteiger partial charge in [-0.25, -0.2) is 9.32 Å². The van der Waals surface area contributed by atoms with E-state index in [0.29, 0.717) is 16.6 Å². The van der Waals surface area contributed by atoms with E-state index in [-0.39, 0.29) is 5.56 Å². The van der Waals surface area contributed by atoms with Gasteiger partial charge in [0.25, 0.3) is 0 Å². The van der Waals surface area contributed by atoms with E-state index in [9.17, 15) is 4.79 Å². The van der Waals surface area contributed by atoms with E-state index in [2.05, 4.69) is 0 Å². The highest BCUT2D eigenvalue weighted by atomic mass is 32.2. The zero-order valence-electron chi connectivity index (χ0n) is 7.90. The van der Waals surface area contributed by atoms with Crippen LogP contribution in [0.2, 0.25) is 0 Å². The fraction of sp³-hybridized carbons (Fsp3) is 0.375. The van der Waals surface area contributed by atoms with Crippen LogP contribution in [0.3, 0.4) is 0 Å². The van der Waals surface area contributed by atoms with Gasteiger partial charge in [-0.3, -0.25) is 0 Å². The van der Waals surface area contributed by atoms with Crippen molar-refractivity contribution in [3.05, 3.63) is 15.9 Å². The molecule has 2 bridgehead atoms. The highest BCUT2D eigenvalue weighted by Crippen LogP contribution is 2.24. The molecule has 0 atom stereocenters. The lowest BCUT2D eigenvalue weighted by Crippen LogP contribution is -2.29. The molecule has 5 nitrogen and oxygen atoms in total. The Hall–Kier alpha value is -1.30. The second kappa shape index (κ2) is 3.13. The standard InChI is InChI=1S/C8H10N3O2S/c1-3-10-7-5(2)6(12)11(13-7)8(10)14-4-9/h4,9H,3H2,1-2H3/q+1. The molecule has 0 saturated carbocycles. The predicted octanol–water partition coefficient (Wildman–Crippen LogP) is 0.972. The lowest BCUT2D eigenvalue weighted by atomic mass is 10.3. The number of hydrogen-bond acceptors (Lipinski definition) is 4. The van der Waals surface area contributed by atoms with Crippen molar-refractivity contribution in [2.75, 3.05) is 6.54 Å². The minimum absolute atomic E-state index is 0.131. The molecule has 74 valence electrons.